The first-order chi connectivity index (χ1) is 9.95. The number of nitrogens with one attached hydrogen (secondary N) is 1. The first kappa shape index (κ1) is 17.6. The Morgan fingerprint density at radius 1 is 1.24 bits per heavy atom. The van der Waals surface area contributed by atoms with E-state index in [1.54, 1.807) is 18.2 Å². The lowest BCUT2D eigenvalue weighted by molar-refractivity contribution is -0.144. The van der Waals surface area contributed by atoms with E-state index in [4.69, 9.17) is 0 Å². The van der Waals surface area contributed by atoms with Crippen LogP contribution in [0.1, 0.15) is 45.4 Å². The summed E-state index contributed by atoms with van der Waals surface area (Å²) in [7, 11) is 0. The molecule has 1 aromatic carbocycles. The van der Waals surface area contributed by atoms with Gasteiger partial charge in [-0.15, -0.1) is 0 Å². The number of benzene rings is 1. The van der Waals surface area contributed by atoms with Crippen molar-refractivity contribution in [2.45, 2.75) is 57.5 Å². The highest BCUT2D eigenvalue weighted by Gasteiger charge is 2.40. The molecule has 1 aromatic rings. The van der Waals surface area contributed by atoms with Crippen LogP contribution in [0.15, 0.2) is 30.3 Å². The van der Waals surface area contributed by atoms with Crippen LogP contribution in [-0.4, -0.2) is 23.0 Å². The van der Waals surface area contributed by atoms with Gasteiger partial charge in [0.15, 0.2) is 0 Å². The summed E-state index contributed by atoms with van der Waals surface area (Å²) in [5.74, 6) is -4.94. The predicted molar refractivity (Wildman–Crippen MR) is 79.4 cm³/mol. The normalized spacial score (nSPS) is 13.0. The monoisotopic (exact) mass is 299 g/mol. The third-order valence-corrected chi connectivity index (χ3v) is 3.25. The highest BCUT2D eigenvalue weighted by Crippen LogP contribution is 2.24. The van der Waals surface area contributed by atoms with Crippen LogP contribution in [0.3, 0.4) is 0 Å². The molecule has 0 aliphatic rings. The molecule has 2 N–H and O–H groups in total. The van der Waals surface area contributed by atoms with Crippen molar-refractivity contribution in [3.8, 4) is 0 Å². The van der Waals surface area contributed by atoms with E-state index < -0.39 is 24.4 Å². The first-order valence-corrected chi connectivity index (χ1v) is 7.38. The Kier molecular flexibility index (Phi) is 7.29. The molecule has 1 rings (SSSR count). The van der Waals surface area contributed by atoms with Crippen LogP contribution < -0.4 is 5.32 Å². The molecule has 1 amide bonds. The van der Waals surface area contributed by atoms with Gasteiger partial charge < -0.3 is 10.4 Å². The molecular weight excluding hydrogens is 276 g/mol. The number of anilines is 1. The van der Waals surface area contributed by atoms with E-state index in [9.17, 15) is 18.7 Å². The number of para-hydroxylation sites is 1. The summed E-state index contributed by atoms with van der Waals surface area (Å²) in [4.78, 5) is 11.6. The van der Waals surface area contributed by atoms with E-state index in [1.165, 1.54) is 12.1 Å². The number of carbonyl (C=O) groups excluding carboxylic acids is 1. The van der Waals surface area contributed by atoms with Gasteiger partial charge in [-0.2, -0.15) is 8.78 Å². The van der Waals surface area contributed by atoms with Gasteiger partial charge in [0.2, 0.25) is 0 Å². The van der Waals surface area contributed by atoms with Gasteiger partial charge in [-0.25, -0.2) is 0 Å². The van der Waals surface area contributed by atoms with Crippen molar-refractivity contribution in [3.05, 3.63) is 30.3 Å². The number of aliphatic hydroxyl groups is 1. The molecule has 0 aliphatic carbocycles. The number of hydrogen-bond donors (Lipinski definition) is 2. The first-order valence-electron chi connectivity index (χ1n) is 7.38. The number of halogens is 2. The van der Waals surface area contributed by atoms with E-state index in [0.717, 1.165) is 19.3 Å². The highest BCUT2D eigenvalue weighted by atomic mass is 19.3. The number of rotatable bonds is 9. The smallest absolute Gasteiger partial charge is 0.327 e. The average molecular weight is 299 g/mol. The molecule has 0 heterocycles. The Hall–Kier alpha value is -1.49. The standard InChI is InChI=1S/C16H23F2NO2/c1-2-3-4-8-11-14(20)12-16(17,18)15(21)19-13-9-6-5-7-10-13/h5-7,9-10,14,20H,2-4,8,11-12H2,1H3,(H,19,21). The van der Waals surface area contributed by atoms with Crippen LogP contribution in [0.5, 0.6) is 0 Å². The quantitative estimate of drug-likeness (QED) is 0.678. The Balaban J connectivity index is 2.42. The zero-order valence-electron chi connectivity index (χ0n) is 12.3. The topological polar surface area (TPSA) is 49.3 Å². The Morgan fingerprint density at radius 2 is 1.90 bits per heavy atom. The molecule has 0 bridgehead atoms. The molecule has 0 spiro atoms. The van der Waals surface area contributed by atoms with Crippen molar-refractivity contribution < 1.29 is 18.7 Å². The molecule has 0 radical (unpaired) electrons. The van der Waals surface area contributed by atoms with Crippen LogP contribution in [0.25, 0.3) is 0 Å². The summed E-state index contributed by atoms with van der Waals surface area (Å²) in [6, 6.07) is 8.10. The van der Waals surface area contributed by atoms with Gasteiger partial charge in [-0.05, 0) is 18.6 Å². The predicted octanol–water partition coefficient (Wildman–Crippen LogP) is 3.98. The molecule has 0 saturated heterocycles. The molecule has 118 valence electrons. The van der Waals surface area contributed by atoms with Gasteiger partial charge in [0.05, 0.1) is 6.10 Å². The van der Waals surface area contributed by atoms with Crippen LogP contribution in [-0.2, 0) is 4.79 Å². The summed E-state index contributed by atoms with van der Waals surface area (Å²) in [6.07, 6.45) is 1.99. The fourth-order valence-corrected chi connectivity index (χ4v) is 2.04. The lowest BCUT2D eigenvalue weighted by atomic mass is 10.0. The average Bonchev–Trinajstić information content (AvgIpc) is 2.44. The third kappa shape index (κ3) is 6.67. The number of unbranched alkanes of at least 4 members (excludes halogenated alkanes) is 3. The second-order valence-corrected chi connectivity index (χ2v) is 5.23. The number of amides is 1. The summed E-state index contributed by atoms with van der Waals surface area (Å²) >= 11 is 0. The second-order valence-electron chi connectivity index (χ2n) is 5.23. The van der Waals surface area contributed by atoms with Gasteiger partial charge >= 0.3 is 5.92 Å². The van der Waals surface area contributed by atoms with Gasteiger partial charge in [-0.3, -0.25) is 4.79 Å². The van der Waals surface area contributed by atoms with E-state index in [1.807, 2.05) is 0 Å². The van der Waals surface area contributed by atoms with Gasteiger partial charge in [0, 0.05) is 12.1 Å². The van der Waals surface area contributed by atoms with Crippen LogP contribution in [0, 0.1) is 0 Å². The Bertz CT molecular complexity index is 424. The van der Waals surface area contributed by atoms with Crippen LogP contribution in [0.4, 0.5) is 14.5 Å². The molecule has 3 nitrogen and oxygen atoms in total. The van der Waals surface area contributed by atoms with Crippen molar-refractivity contribution in [2.75, 3.05) is 5.32 Å². The minimum absolute atomic E-state index is 0.300. The van der Waals surface area contributed by atoms with Gasteiger partial charge in [0.25, 0.3) is 5.91 Å². The molecular formula is C16H23F2NO2. The molecule has 0 aliphatic heterocycles. The van der Waals surface area contributed by atoms with Crippen molar-refractivity contribution in [1.29, 1.82) is 0 Å². The molecule has 1 atom stereocenters. The fourth-order valence-electron chi connectivity index (χ4n) is 2.04. The van der Waals surface area contributed by atoms with E-state index >= 15 is 0 Å². The lowest BCUT2D eigenvalue weighted by Crippen LogP contribution is -2.37. The second kappa shape index (κ2) is 8.72. The zero-order chi connectivity index (χ0) is 15.7. The number of aliphatic hydroxyl groups excluding tert-OH is 1. The minimum atomic E-state index is -3.57. The van der Waals surface area contributed by atoms with Crippen molar-refractivity contribution in [1.82, 2.24) is 0 Å². The lowest BCUT2D eigenvalue weighted by Gasteiger charge is -2.19. The summed E-state index contributed by atoms with van der Waals surface area (Å²) in [5, 5.41) is 11.8. The van der Waals surface area contributed by atoms with Gasteiger partial charge in [0.1, 0.15) is 0 Å². The maximum Gasteiger partial charge on any atom is 0.327 e. The fraction of sp³-hybridized carbons (Fsp3) is 0.562. The molecule has 1 unspecified atom stereocenters. The SMILES string of the molecule is CCCCCCC(O)CC(F)(F)C(=O)Nc1ccccc1. The number of alkyl halides is 2. The molecule has 0 fully saturated rings. The minimum Gasteiger partial charge on any atom is -0.393 e. The molecule has 5 heteroatoms. The summed E-state index contributed by atoms with van der Waals surface area (Å²) in [5.41, 5.74) is 0.319. The van der Waals surface area contributed by atoms with E-state index in [-0.39, 0.29) is 0 Å². The van der Waals surface area contributed by atoms with Crippen molar-refractivity contribution >= 4 is 11.6 Å². The zero-order valence-corrected chi connectivity index (χ0v) is 12.3. The molecule has 21 heavy (non-hydrogen) atoms. The van der Waals surface area contributed by atoms with Crippen molar-refractivity contribution in [2.24, 2.45) is 0 Å². The summed E-state index contributed by atoms with van der Waals surface area (Å²) < 4.78 is 27.5. The molecule has 0 aromatic heterocycles. The Morgan fingerprint density at radius 3 is 2.52 bits per heavy atom. The maximum atomic E-state index is 13.8. The molecule has 0 saturated carbocycles. The van der Waals surface area contributed by atoms with Gasteiger partial charge in [-0.1, -0.05) is 50.8 Å². The number of carbonyl (C=O) groups is 1. The highest BCUT2D eigenvalue weighted by molar-refractivity contribution is 5.96. The van der Waals surface area contributed by atoms with E-state index in [0.29, 0.717) is 18.5 Å². The number of hydrogen-bond acceptors (Lipinski definition) is 2. The maximum absolute atomic E-state index is 13.8. The Labute approximate surface area is 124 Å². The summed E-state index contributed by atoms with van der Waals surface area (Å²) in [6.45, 7) is 2.05. The van der Waals surface area contributed by atoms with Crippen LogP contribution in [0.2, 0.25) is 0 Å². The largest absolute Gasteiger partial charge is 0.393 e. The van der Waals surface area contributed by atoms with E-state index in [2.05, 4.69) is 12.2 Å². The third-order valence-electron chi connectivity index (χ3n) is 3.25. The van der Waals surface area contributed by atoms with Crippen molar-refractivity contribution in [3.63, 3.8) is 0 Å². The van der Waals surface area contributed by atoms with Crippen LogP contribution >= 0.6 is 0 Å².